The van der Waals surface area contributed by atoms with Crippen molar-refractivity contribution in [1.29, 1.82) is 0 Å². The zero-order valence-electron chi connectivity index (χ0n) is 11.7. The maximum Gasteiger partial charge on any atom is 0.117 e. The van der Waals surface area contributed by atoms with Crippen molar-refractivity contribution in [1.82, 2.24) is 10.2 Å². The Hall–Kier alpha value is -0.800. The molecule has 2 heterocycles. The van der Waals surface area contributed by atoms with Crippen LogP contribution in [0.5, 0.6) is 0 Å². The Morgan fingerprint density at radius 3 is 3.17 bits per heavy atom. The molecule has 3 nitrogen and oxygen atoms in total. The minimum absolute atomic E-state index is 0.620. The molecule has 0 bridgehead atoms. The van der Waals surface area contributed by atoms with Gasteiger partial charge in [0.2, 0.25) is 0 Å². The van der Waals surface area contributed by atoms with Crippen LogP contribution >= 0.6 is 0 Å². The van der Waals surface area contributed by atoms with Crippen molar-refractivity contribution in [2.45, 2.75) is 45.7 Å². The number of nitrogens with zero attached hydrogens (tertiary/aromatic N) is 1. The van der Waals surface area contributed by atoms with Crippen LogP contribution in [0, 0.1) is 5.92 Å². The molecule has 1 saturated heterocycles. The van der Waals surface area contributed by atoms with Gasteiger partial charge in [-0.25, -0.2) is 0 Å². The Labute approximate surface area is 111 Å². The van der Waals surface area contributed by atoms with Gasteiger partial charge in [0.15, 0.2) is 0 Å². The molecule has 0 spiro atoms. The normalized spacial score (nSPS) is 23.1. The zero-order valence-corrected chi connectivity index (χ0v) is 11.7. The minimum atomic E-state index is 0.620. The number of furan rings is 1. The number of piperidine rings is 1. The standard InChI is InChI=1S/C15H26N2O/c1-3-14-6-4-8-17(12-14)13(2)10-16-11-15-7-5-9-18-15/h5,7,9,13-14,16H,3-4,6,8,10-12H2,1-2H3. The fourth-order valence-electron chi connectivity index (χ4n) is 2.78. The lowest BCUT2D eigenvalue weighted by Gasteiger charge is -2.36. The van der Waals surface area contributed by atoms with Crippen LogP contribution in [0.3, 0.4) is 0 Å². The number of rotatable bonds is 6. The second-order valence-electron chi connectivity index (χ2n) is 5.47. The summed E-state index contributed by atoms with van der Waals surface area (Å²) in [5.41, 5.74) is 0. The van der Waals surface area contributed by atoms with Crippen molar-refractivity contribution >= 4 is 0 Å². The fraction of sp³-hybridized carbons (Fsp3) is 0.733. The van der Waals surface area contributed by atoms with Gasteiger partial charge in [-0.3, -0.25) is 4.90 Å². The maximum absolute atomic E-state index is 5.32. The summed E-state index contributed by atoms with van der Waals surface area (Å²) in [5.74, 6) is 1.93. The van der Waals surface area contributed by atoms with Crippen LogP contribution in [0.15, 0.2) is 22.8 Å². The summed E-state index contributed by atoms with van der Waals surface area (Å²) in [6.07, 6.45) is 5.83. The lowest BCUT2D eigenvalue weighted by molar-refractivity contribution is 0.127. The summed E-state index contributed by atoms with van der Waals surface area (Å²) in [7, 11) is 0. The van der Waals surface area contributed by atoms with E-state index in [0.717, 1.165) is 24.8 Å². The molecule has 0 radical (unpaired) electrons. The summed E-state index contributed by atoms with van der Waals surface area (Å²) >= 11 is 0. The smallest absolute Gasteiger partial charge is 0.117 e. The molecule has 0 amide bonds. The molecule has 102 valence electrons. The van der Waals surface area contributed by atoms with Crippen molar-refractivity contribution in [2.24, 2.45) is 5.92 Å². The van der Waals surface area contributed by atoms with Crippen LogP contribution in [0.4, 0.5) is 0 Å². The minimum Gasteiger partial charge on any atom is -0.468 e. The highest BCUT2D eigenvalue weighted by Gasteiger charge is 2.21. The largest absolute Gasteiger partial charge is 0.468 e. The number of hydrogen-bond donors (Lipinski definition) is 1. The Morgan fingerprint density at radius 1 is 1.56 bits per heavy atom. The molecule has 18 heavy (non-hydrogen) atoms. The molecule has 0 aromatic carbocycles. The lowest BCUT2D eigenvalue weighted by atomic mass is 9.95. The molecule has 1 aromatic heterocycles. The van der Waals surface area contributed by atoms with Gasteiger partial charge in [-0.15, -0.1) is 0 Å². The van der Waals surface area contributed by atoms with E-state index in [4.69, 9.17) is 4.42 Å². The van der Waals surface area contributed by atoms with E-state index < -0.39 is 0 Å². The second-order valence-corrected chi connectivity index (χ2v) is 5.47. The van der Waals surface area contributed by atoms with Gasteiger partial charge in [-0.2, -0.15) is 0 Å². The van der Waals surface area contributed by atoms with Crippen molar-refractivity contribution in [2.75, 3.05) is 19.6 Å². The number of hydrogen-bond acceptors (Lipinski definition) is 3. The highest BCUT2D eigenvalue weighted by molar-refractivity contribution is 4.97. The Bertz CT molecular complexity index is 323. The van der Waals surface area contributed by atoms with Crippen molar-refractivity contribution in [3.63, 3.8) is 0 Å². The molecule has 1 fully saturated rings. The second kappa shape index (κ2) is 6.95. The molecule has 1 aliphatic rings. The molecule has 1 N–H and O–H groups in total. The summed E-state index contributed by atoms with van der Waals surface area (Å²) in [6.45, 7) is 9.06. The summed E-state index contributed by atoms with van der Waals surface area (Å²) < 4.78 is 5.32. The van der Waals surface area contributed by atoms with Crippen LogP contribution in [-0.4, -0.2) is 30.6 Å². The van der Waals surface area contributed by atoms with E-state index in [9.17, 15) is 0 Å². The van der Waals surface area contributed by atoms with Gasteiger partial charge in [0.25, 0.3) is 0 Å². The highest BCUT2D eigenvalue weighted by atomic mass is 16.3. The SMILES string of the molecule is CCC1CCCN(C(C)CNCc2ccco2)C1. The Kier molecular flexibility index (Phi) is 5.26. The summed E-state index contributed by atoms with van der Waals surface area (Å²) in [5, 5.41) is 3.48. The van der Waals surface area contributed by atoms with Gasteiger partial charge in [-0.1, -0.05) is 13.3 Å². The monoisotopic (exact) mass is 250 g/mol. The van der Waals surface area contributed by atoms with Crippen molar-refractivity contribution in [3.05, 3.63) is 24.2 Å². The summed E-state index contributed by atoms with van der Waals surface area (Å²) in [4.78, 5) is 2.63. The fourth-order valence-corrected chi connectivity index (χ4v) is 2.78. The lowest BCUT2D eigenvalue weighted by Crippen LogP contribution is -2.45. The molecule has 2 rings (SSSR count). The van der Waals surface area contributed by atoms with E-state index in [-0.39, 0.29) is 0 Å². The Balaban J connectivity index is 1.68. The first-order chi connectivity index (χ1) is 8.79. The molecule has 1 aliphatic heterocycles. The van der Waals surface area contributed by atoms with Gasteiger partial charge in [0.05, 0.1) is 12.8 Å². The molecule has 2 unspecified atom stereocenters. The van der Waals surface area contributed by atoms with Gasteiger partial charge in [0.1, 0.15) is 5.76 Å². The number of likely N-dealkylation sites (tertiary alicyclic amines) is 1. The van der Waals surface area contributed by atoms with Crippen LogP contribution in [0.2, 0.25) is 0 Å². The number of nitrogens with one attached hydrogen (secondary N) is 1. The van der Waals surface area contributed by atoms with E-state index in [2.05, 4.69) is 24.1 Å². The first kappa shape index (κ1) is 13.6. The topological polar surface area (TPSA) is 28.4 Å². The third kappa shape index (κ3) is 3.85. The van der Waals surface area contributed by atoms with Crippen molar-refractivity contribution in [3.8, 4) is 0 Å². The van der Waals surface area contributed by atoms with E-state index in [1.807, 2.05) is 12.1 Å². The quantitative estimate of drug-likeness (QED) is 0.841. The zero-order chi connectivity index (χ0) is 12.8. The maximum atomic E-state index is 5.32. The molecular formula is C15H26N2O. The van der Waals surface area contributed by atoms with Crippen LogP contribution in [-0.2, 0) is 6.54 Å². The molecule has 1 aromatic rings. The van der Waals surface area contributed by atoms with E-state index >= 15 is 0 Å². The third-order valence-corrected chi connectivity index (χ3v) is 4.07. The van der Waals surface area contributed by atoms with Crippen LogP contribution < -0.4 is 5.32 Å². The summed E-state index contributed by atoms with van der Waals surface area (Å²) in [6, 6.07) is 4.58. The highest BCUT2D eigenvalue weighted by Crippen LogP contribution is 2.20. The van der Waals surface area contributed by atoms with E-state index in [1.54, 1.807) is 6.26 Å². The third-order valence-electron chi connectivity index (χ3n) is 4.07. The molecular weight excluding hydrogens is 224 g/mol. The molecule has 0 saturated carbocycles. The van der Waals surface area contributed by atoms with E-state index in [1.165, 1.54) is 32.4 Å². The van der Waals surface area contributed by atoms with Gasteiger partial charge in [0, 0.05) is 19.1 Å². The van der Waals surface area contributed by atoms with Gasteiger partial charge >= 0.3 is 0 Å². The Morgan fingerprint density at radius 2 is 2.44 bits per heavy atom. The van der Waals surface area contributed by atoms with Crippen LogP contribution in [0.25, 0.3) is 0 Å². The average molecular weight is 250 g/mol. The van der Waals surface area contributed by atoms with Gasteiger partial charge in [-0.05, 0) is 44.4 Å². The molecule has 3 heteroatoms. The first-order valence-corrected chi connectivity index (χ1v) is 7.26. The van der Waals surface area contributed by atoms with Crippen molar-refractivity contribution < 1.29 is 4.42 Å². The van der Waals surface area contributed by atoms with Crippen LogP contribution in [0.1, 0.15) is 38.9 Å². The van der Waals surface area contributed by atoms with Gasteiger partial charge < -0.3 is 9.73 Å². The predicted octanol–water partition coefficient (Wildman–Crippen LogP) is 2.88. The van der Waals surface area contributed by atoms with E-state index in [0.29, 0.717) is 6.04 Å². The average Bonchev–Trinajstić information content (AvgIpc) is 2.92. The first-order valence-electron chi connectivity index (χ1n) is 7.26. The molecule has 2 atom stereocenters. The molecule has 0 aliphatic carbocycles. The predicted molar refractivity (Wildman–Crippen MR) is 74.5 cm³/mol.